The Morgan fingerprint density at radius 1 is 1.39 bits per heavy atom. The van der Waals surface area contributed by atoms with Crippen LogP contribution in [-0.2, 0) is 14.6 Å². The fourth-order valence-corrected chi connectivity index (χ4v) is 3.86. The van der Waals surface area contributed by atoms with E-state index in [4.69, 9.17) is 4.74 Å². The lowest BCUT2D eigenvalue weighted by Crippen LogP contribution is -2.34. The van der Waals surface area contributed by atoms with Gasteiger partial charge in [0.2, 0.25) is 0 Å². The van der Waals surface area contributed by atoms with E-state index in [1.807, 2.05) is 6.92 Å². The molecule has 1 saturated heterocycles. The zero-order valence-corrected chi connectivity index (χ0v) is 14.6. The smallest absolute Gasteiger partial charge is 0.252 e. The molecular formula is C17H25NO4S. The van der Waals surface area contributed by atoms with Crippen LogP contribution in [0.1, 0.15) is 49.9 Å². The van der Waals surface area contributed by atoms with Crippen molar-refractivity contribution in [1.29, 1.82) is 0 Å². The van der Waals surface area contributed by atoms with Crippen LogP contribution in [0.15, 0.2) is 29.2 Å². The molecule has 2 rings (SSSR count). The lowest BCUT2D eigenvalue weighted by Gasteiger charge is -2.17. The van der Waals surface area contributed by atoms with Crippen LogP contribution in [0.3, 0.4) is 0 Å². The molecule has 1 aromatic carbocycles. The first-order chi connectivity index (χ1) is 10.9. The second-order valence-corrected chi connectivity index (χ2v) is 8.23. The molecule has 1 aromatic rings. The number of rotatable bonds is 7. The molecular weight excluding hydrogens is 314 g/mol. The molecule has 0 spiro atoms. The number of benzene rings is 1. The van der Waals surface area contributed by atoms with Crippen LogP contribution in [0.4, 0.5) is 0 Å². The highest BCUT2D eigenvalue weighted by molar-refractivity contribution is 7.91. The molecule has 1 N–H and O–H groups in total. The molecule has 2 atom stereocenters. The maximum atomic E-state index is 12.4. The fraction of sp³-hybridized carbons (Fsp3) is 0.588. The van der Waals surface area contributed by atoms with Gasteiger partial charge >= 0.3 is 0 Å². The third kappa shape index (κ3) is 4.78. The highest BCUT2D eigenvalue weighted by atomic mass is 32.2. The number of hydrogen-bond donors (Lipinski definition) is 1. The Morgan fingerprint density at radius 3 is 2.78 bits per heavy atom. The van der Waals surface area contributed by atoms with Gasteiger partial charge in [0.05, 0.1) is 22.3 Å². The number of hydrogen-bond acceptors (Lipinski definition) is 4. The standard InChI is InChI=1S/C17H25NO4S/c1-3-23(20,21)16-9-5-4-8-15(16)17(19)18-13(2)10-11-14-7-6-12-22-14/h4-5,8-9,13-14H,3,6-7,10-12H2,1-2H3,(H,18,19)/t13-,14-/m1/s1. The summed E-state index contributed by atoms with van der Waals surface area (Å²) in [6.45, 7) is 4.34. The Bertz CT molecular complexity index is 636. The largest absolute Gasteiger partial charge is 0.378 e. The monoisotopic (exact) mass is 339 g/mol. The second-order valence-electron chi connectivity index (χ2n) is 5.99. The molecule has 0 bridgehead atoms. The highest BCUT2D eigenvalue weighted by Gasteiger charge is 2.22. The Kier molecular flexibility index (Phi) is 6.18. The summed E-state index contributed by atoms with van der Waals surface area (Å²) in [7, 11) is -3.42. The van der Waals surface area contributed by atoms with Crippen LogP contribution in [0.5, 0.6) is 0 Å². The minimum absolute atomic E-state index is 0.0220. The van der Waals surface area contributed by atoms with Crippen molar-refractivity contribution < 1.29 is 17.9 Å². The Hall–Kier alpha value is -1.40. The van der Waals surface area contributed by atoms with Crippen molar-refractivity contribution in [3.8, 4) is 0 Å². The number of sulfone groups is 1. The van der Waals surface area contributed by atoms with E-state index in [1.165, 1.54) is 6.07 Å². The van der Waals surface area contributed by atoms with Gasteiger partial charge in [-0.3, -0.25) is 4.79 Å². The number of carbonyl (C=O) groups excluding carboxylic acids is 1. The zero-order valence-electron chi connectivity index (χ0n) is 13.7. The summed E-state index contributed by atoms with van der Waals surface area (Å²) in [5.74, 6) is -0.358. The zero-order chi connectivity index (χ0) is 16.9. The maximum Gasteiger partial charge on any atom is 0.252 e. The summed E-state index contributed by atoms with van der Waals surface area (Å²) in [5, 5.41) is 2.90. The van der Waals surface area contributed by atoms with Gasteiger partial charge in [-0.05, 0) is 44.7 Å². The predicted octanol–water partition coefficient (Wildman–Crippen LogP) is 2.56. The summed E-state index contributed by atoms with van der Waals surface area (Å²) in [5.41, 5.74) is 0.221. The van der Waals surface area contributed by atoms with Gasteiger partial charge in [0.25, 0.3) is 5.91 Å². The first kappa shape index (κ1) is 17.9. The SMILES string of the molecule is CCS(=O)(=O)c1ccccc1C(=O)N[C@H](C)CC[C@H]1CCCO1. The third-order valence-electron chi connectivity index (χ3n) is 4.17. The second kappa shape index (κ2) is 7.93. The van der Waals surface area contributed by atoms with Crippen molar-refractivity contribution in [3.05, 3.63) is 29.8 Å². The van der Waals surface area contributed by atoms with Crippen LogP contribution in [0, 0.1) is 0 Å². The molecule has 0 radical (unpaired) electrons. The lowest BCUT2D eigenvalue weighted by atomic mass is 10.1. The normalized spacial score (nSPS) is 19.5. The van der Waals surface area contributed by atoms with Crippen LogP contribution < -0.4 is 5.32 Å². The van der Waals surface area contributed by atoms with E-state index in [9.17, 15) is 13.2 Å². The van der Waals surface area contributed by atoms with Crippen molar-refractivity contribution in [3.63, 3.8) is 0 Å². The van der Waals surface area contributed by atoms with Crippen molar-refractivity contribution in [2.75, 3.05) is 12.4 Å². The van der Waals surface area contributed by atoms with Crippen molar-refractivity contribution >= 4 is 15.7 Å². The van der Waals surface area contributed by atoms with Gasteiger partial charge in [0, 0.05) is 12.6 Å². The summed E-state index contributed by atoms with van der Waals surface area (Å²) >= 11 is 0. The Morgan fingerprint density at radius 2 is 2.13 bits per heavy atom. The van der Waals surface area contributed by atoms with Gasteiger partial charge in [0.15, 0.2) is 9.84 Å². The first-order valence-corrected chi connectivity index (χ1v) is 9.83. The molecule has 0 saturated carbocycles. The number of carbonyl (C=O) groups is 1. The van der Waals surface area contributed by atoms with Crippen LogP contribution >= 0.6 is 0 Å². The van der Waals surface area contributed by atoms with Gasteiger partial charge in [-0.15, -0.1) is 0 Å². The van der Waals surface area contributed by atoms with E-state index in [0.717, 1.165) is 32.3 Å². The summed E-state index contributed by atoms with van der Waals surface area (Å²) in [6, 6.07) is 6.35. The molecule has 1 fully saturated rings. The van der Waals surface area contributed by atoms with Gasteiger partial charge in [-0.1, -0.05) is 19.1 Å². The van der Waals surface area contributed by atoms with E-state index < -0.39 is 9.84 Å². The minimum Gasteiger partial charge on any atom is -0.378 e. The summed E-state index contributed by atoms with van der Waals surface area (Å²) < 4.78 is 29.8. The van der Waals surface area contributed by atoms with Crippen LogP contribution in [-0.4, -0.2) is 38.8 Å². The van der Waals surface area contributed by atoms with Gasteiger partial charge in [-0.2, -0.15) is 0 Å². The van der Waals surface area contributed by atoms with E-state index in [-0.39, 0.29) is 28.2 Å². The molecule has 1 aliphatic rings. The Labute approximate surface area is 138 Å². The first-order valence-electron chi connectivity index (χ1n) is 8.18. The predicted molar refractivity (Wildman–Crippen MR) is 89.3 cm³/mol. The molecule has 0 aromatic heterocycles. The van der Waals surface area contributed by atoms with Gasteiger partial charge in [-0.25, -0.2) is 8.42 Å². The molecule has 6 heteroatoms. The Balaban J connectivity index is 2.00. The van der Waals surface area contributed by atoms with Crippen LogP contribution in [0.2, 0.25) is 0 Å². The fourth-order valence-electron chi connectivity index (χ4n) is 2.76. The van der Waals surface area contributed by atoms with Crippen molar-refractivity contribution in [2.24, 2.45) is 0 Å². The van der Waals surface area contributed by atoms with Gasteiger partial charge in [0.1, 0.15) is 0 Å². The average Bonchev–Trinajstić information content (AvgIpc) is 3.06. The van der Waals surface area contributed by atoms with E-state index in [2.05, 4.69) is 5.32 Å². The summed E-state index contributed by atoms with van der Waals surface area (Å²) in [6.07, 6.45) is 4.21. The van der Waals surface area contributed by atoms with Crippen molar-refractivity contribution in [2.45, 2.75) is 56.6 Å². The third-order valence-corrected chi connectivity index (χ3v) is 5.96. The molecule has 0 aliphatic carbocycles. The van der Waals surface area contributed by atoms with E-state index in [0.29, 0.717) is 6.10 Å². The molecule has 1 amide bonds. The summed E-state index contributed by atoms with van der Waals surface area (Å²) in [4.78, 5) is 12.5. The quantitative estimate of drug-likeness (QED) is 0.828. The molecule has 1 heterocycles. The molecule has 0 unspecified atom stereocenters. The molecule has 1 aliphatic heterocycles. The minimum atomic E-state index is -3.42. The maximum absolute atomic E-state index is 12.4. The molecule has 128 valence electrons. The number of amides is 1. The van der Waals surface area contributed by atoms with Crippen LogP contribution in [0.25, 0.3) is 0 Å². The van der Waals surface area contributed by atoms with Gasteiger partial charge < -0.3 is 10.1 Å². The van der Waals surface area contributed by atoms with Crippen molar-refractivity contribution in [1.82, 2.24) is 5.32 Å². The molecule has 5 nitrogen and oxygen atoms in total. The number of ether oxygens (including phenoxy) is 1. The van der Waals surface area contributed by atoms with E-state index in [1.54, 1.807) is 25.1 Å². The lowest BCUT2D eigenvalue weighted by molar-refractivity contribution is 0.0897. The van der Waals surface area contributed by atoms with E-state index >= 15 is 0 Å². The average molecular weight is 339 g/mol. The molecule has 23 heavy (non-hydrogen) atoms. The highest BCUT2D eigenvalue weighted by Crippen LogP contribution is 2.19. The topological polar surface area (TPSA) is 72.5 Å². The number of nitrogens with one attached hydrogen (secondary N) is 1.